The molecular formula is C13H26BrNO. The van der Waals surface area contributed by atoms with Crippen LogP contribution in [0.4, 0.5) is 0 Å². The van der Waals surface area contributed by atoms with Crippen molar-refractivity contribution in [2.75, 3.05) is 5.33 Å². The molecule has 3 heteroatoms. The van der Waals surface area contributed by atoms with Gasteiger partial charge >= 0.3 is 0 Å². The zero-order valence-corrected chi connectivity index (χ0v) is 12.3. The molecule has 1 unspecified atom stereocenters. The van der Waals surface area contributed by atoms with E-state index in [1.807, 2.05) is 0 Å². The summed E-state index contributed by atoms with van der Waals surface area (Å²) in [6, 6.07) is 0.299. The van der Waals surface area contributed by atoms with Crippen LogP contribution in [-0.2, 0) is 4.79 Å². The average molecular weight is 292 g/mol. The van der Waals surface area contributed by atoms with Gasteiger partial charge in [0.15, 0.2) is 0 Å². The normalized spacial score (nSPS) is 12.4. The Hall–Kier alpha value is -0.0500. The zero-order valence-electron chi connectivity index (χ0n) is 10.7. The lowest BCUT2D eigenvalue weighted by Crippen LogP contribution is -2.35. The number of carbonyl (C=O) groups is 1. The van der Waals surface area contributed by atoms with Crippen LogP contribution in [0.1, 0.15) is 65.2 Å². The van der Waals surface area contributed by atoms with Gasteiger partial charge in [0.1, 0.15) is 0 Å². The fourth-order valence-electron chi connectivity index (χ4n) is 1.62. The summed E-state index contributed by atoms with van der Waals surface area (Å²) in [7, 11) is 0. The molecule has 96 valence electrons. The van der Waals surface area contributed by atoms with E-state index in [0.717, 1.165) is 18.2 Å². The van der Waals surface area contributed by atoms with Crippen molar-refractivity contribution in [3.05, 3.63) is 0 Å². The van der Waals surface area contributed by atoms with Gasteiger partial charge < -0.3 is 5.32 Å². The maximum Gasteiger partial charge on any atom is 0.220 e. The van der Waals surface area contributed by atoms with Gasteiger partial charge in [-0.15, -0.1) is 0 Å². The number of hydrogen-bond donors (Lipinski definition) is 1. The van der Waals surface area contributed by atoms with Gasteiger partial charge in [0.2, 0.25) is 5.91 Å². The second-order valence-corrected chi connectivity index (χ2v) is 4.99. The predicted octanol–water partition coefficient (Wildman–Crippen LogP) is 4.03. The van der Waals surface area contributed by atoms with Crippen molar-refractivity contribution in [2.45, 2.75) is 71.3 Å². The van der Waals surface area contributed by atoms with Crippen molar-refractivity contribution in [2.24, 2.45) is 0 Å². The van der Waals surface area contributed by atoms with E-state index < -0.39 is 0 Å². The highest BCUT2D eigenvalue weighted by Gasteiger charge is 2.07. The van der Waals surface area contributed by atoms with Crippen molar-refractivity contribution < 1.29 is 4.79 Å². The second-order valence-electron chi connectivity index (χ2n) is 4.34. The van der Waals surface area contributed by atoms with E-state index >= 15 is 0 Å². The van der Waals surface area contributed by atoms with Crippen LogP contribution in [0.2, 0.25) is 0 Å². The summed E-state index contributed by atoms with van der Waals surface area (Å²) >= 11 is 3.40. The molecule has 2 nitrogen and oxygen atoms in total. The van der Waals surface area contributed by atoms with Crippen LogP contribution in [0, 0.1) is 0 Å². The largest absolute Gasteiger partial charge is 0.353 e. The molecule has 0 aliphatic heterocycles. The van der Waals surface area contributed by atoms with E-state index in [1.54, 1.807) is 0 Å². The smallest absolute Gasteiger partial charge is 0.220 e. The summed E-state index contributed by atoms with van der Waals surface area (Å²) < 4.78 is 0. The quantitative estimate of drug-likeness (QED) is 0.478. The molecule has 1 atom stereocenters. The van der Waals surface area contributed by atoms with Crippen LogP contribution in [-0.4, -0.2) is 17.3 Å². The van der Waals surface area contributed by atoms with Crippen LogP contribution in [0.15, 0.2) is 0 Å². The van der Waals surface area contributed by atoms with Crippen LogP contribution in [0.5, 0.6) is 0 Å². The van der Waals surface area contributed by atoms with E-state index in [-0.39, 0.29) is 5.91 Å². The number of carbonyl (C=O) groups excluding carboxylic acids is 1. The SMILES string of the molecule is CCCCCCCCC(=O)NC(CC)CBr. The minimum atomic E-state index is 0.210. The summed E-state index contributed by atoms with van der Waals surface area (Å²) in [5.74, 6) is 0.210. The Bertz CT molecular complexity index is 169. The van der Waals surface area contributed by atoms with Crippen LogP contribution >= 0.6 is 15.9 Å². The molecule has 0 aliphatic carbocycles. The minimum absolute atomic E-state index is 0.210. The number of alkyl halides is 1. The number of nitrogens with one attached hydrogen (secondary N) is 1. The maximum atomic E-state index is 11.5. The highest BCUT2D eigenvalue weighted by Crippen LogP contribution is 2.07. The summed E-state index contributed by atoms with van der Waals surface area (Å²) in [6.45, 7) is 4.32. The number of hydrogen-bond acceptors (Lipinski definition) is 1. The summed E-state index contributed by atoms with van der Waals surface area (Å²) in [4.78, 5) is 11.5. The molecular weight excluding hydrogens is 266 g/mol. The zero-order chi connectivity index (χ0) is 12.2. The van der Waals surface area contributed by atoms with Gasteiger partial charge in [-0.1, -0.05) is 61.9 Å². The molecule has 0 fully saturated rings. The number of rotatable bonds is 10. The third-order valence-corrected chi connectivity index (χ3v) is 3.58. The molecule has 0 spiro atoms. The minimum Gasteiger partial charge on any atom is -0.353 e. The maximum absolute atomic E-state index is 11.5. The third-order valence-electron chi connectivity index (χ3n) is 2.80. The molecule has 0 saturated heterocycles. The fourth-order valence-corrected chi connectivity index (χ4v) is 2.24. The number of unbranched alkanes of at least 4 members (excludes halogenated alkanes) is 5. The second kappa shape index (κ2) is 11.4. The van der Waals surface area contributed by atoms with Crippen molar-refractivity contribution in [3.8, 4) is 0 Å². The molecule has 0 aromatic rings. The molecule has 0 saturated carbocycles. The molecule has 0 radical (unpaired) electrons. The van der Waals surface area contributed by atoms with E-state index in [9.17, 15) is 4.79 Å². The Balaban J connectivity index is 3.36. The Morgan fingerprint density at radius 1 is 1.12 bits per heavy atom. The Labute approximate surface area is 109 Å². The first-order chi connectivity index (χ1) is 7.74. The van der Waals surface area contributed by atoms with Crippen LogP contribution in [0.25, 0.3) is 0 Å². The molecule has 0 heterocycles. The van der Waals surface area contributed by atoms with Gasteiger partial charge in [0.05, 0.1) is 0 Å². The molecule has 0 aliphatic rings. The first-order valence-electron chi connectivity index (χ1n) is 6.59. The first-order valence-corrected chi connectivity index (χ1v) is 7.72. The number of halogens is 1. The topological polar surface area (TPSA) is 29.1 Å². The average Bonchev–Trinajstić information content (AvgIpc) is 2.30. The van der Waals surface area contributed by atoms with Gasteiger partial charge in [-0.25, -0.2) is 0 Å². The van der Waals surface area contributed by atoms with Crippen molar-refractivity contribution >= 4 is 21.8 Å². The van der Waals surface area contributed by atoms with Crippen LogP contribution < -0.4 is 5.32 Å². The lowest BCUT2D eigenvalue weighted by molar-refractivity contribution is -0.121. The highest BCUT2D eigenvalue weighted by atomic mass is 79.9. The Morgan fingerprint density at radius 2 is 1.75 bits per heavy atom. The Morgan fingerprint density at radius 3 is 2.31 bits per heavy atom. The summed E-state index contributed by atoms with van der Waals surface area (Å²) in [5.41, 5.74) is 0. The molecule has 0 aromatic carbocycles. The summed E-state index contributed by atoms with van der Waals surface area (Å²) in [6.07, 6.45) is 9.11. The molecule has 0 bridgehead atoms. The van der Waals surface area contributed by atoms with Crippen molar-refractivity contribution in [3.63, 3.8) is 0 Å². The molecule has 0 aromatic heterocycles. The first kappa shape index (κ1) is 16.0. The standard InChI is InChI=1S/C13H26BrNO/c1-3-5-6-7-8-9-10-13(16)15-12(4-2)11-14/h12H,3-11H2,1-2H3,(H,15,16). The Kier molecular flexibility index (Phi) is 11.4. The highest BCUT2D eigenvalue weighted by molar-refractivity contribution is 9.09. The fraction of sp³-hybridized carbons (Fsp3) is 0.923. The van der Waals surface area contributed by atoms with E-state index in [0.29, 0.717) is 12.5 Å². The molecule has 0 rings (SSSR count). The lowest BCUT2D eigenvalue weighted by atomic mass is 10.1. The van der Waals surface area contributed by atoms with E-state index in [4.69, 9.17) is 0 Å². The third kappa shape index (κ3) is 9.20. The predicted molar refractivity (Wildman–Crippen MR) is 74.0 cm³/mol. The van der Waals surface area contributed by atoms with Crippen LogP contribution in [0.3, 0.4) is 0 Å². The van der Waals surface area contributed by atoms with E-state index in [1.165, 1.54) is 32.1 Å². The lowest BCUT2D eigenvalue weighted by Gasteiger charge is -2.13. The summed E-state index contributed by atoms with van der Waals surface area (Å²) in [5, 5.41) is 3.89. The van der Waals surface area contributed by atoms with Gasteiger partial charge in [-0.3, -0.25) is 4.79 Å². The van der Waals surface area contributed by atoms with Gasteiger partial charge in [0, 0.05) is 17.8 Å². The molecule has 1 N–H and O–H groups in total. The monoisotopic (exact) mass is 291 g/mol. The van der Waals surface area contributed by atoms with Gasteiger partial charge in [-0.2, -0.15) is 0 Å². The number of amides is 1. The van der Waals surface area contributed by atoms with Crippen molar-refractivity contribution in [1.29, 1.82) is 0 Å². The van der Waals surface area contributed by atoms with Gasteiger partial charge in [0.25, 0.3) is 0 Å². The van der Waals surface area contributed by atoms with Crippen molar-refractivity contribution in [1.82, 2.24) is 5.32 Å². The molecule has 1 amide bonds. The van der Waals surface area contributed by atoms with E-state index in [2.05, 4.69) is 35.1 Å². The molecule has 16 heavy (non-hydrogen) atoms. The van der Waals surface area contributed by atoms with Gasteiger partial charge in [-0.05, 0) is 12.8 Å².